The zero-order valence-electron chi connectivity index (χ0n) is 7.66. The fourth-order valence-electron chi connectivity index (χ4n) is 0.851. The number of aliphatic carboxylic acids is 1. The SMILES string of the molecule is O=C(O)CNO[As](=O)(O)c1ccccc1. The number of carboxylic acids is 1. The van der Waals surface area contributed by atoms with Crippen molar-refractivity contribution in [3.63, 3.8) is 0 Å². The van der Waals surface area contributed by atoms with Gasteiger partial charge < -0.3 is 0 Å². The third-order valence-electron chi connectivity index (χ3n) is 1.49. The molecule has 1 rings (SSSR count). The van der Waals surface area contributed by atoms with Gasteiger partial charge in [0.1, 0.15) is 0 Å². The molecule has 0 aromatic heterocycles. The first-order valence-electron chi connectivity index (χ1n) is 4.04. The summed E-state index contributed by atoms with van der Waals surface area (Å²) in [6.07, 6.45) is 0. The molecule has 0 fully saturated rings. The number of nitrogens with one attached hydrogen (secondary N) is 1. The molecule has 0 aliphatic carbocycles. The van der Waals surface area contributed by atoms with Crippen molar-refractivity contribution in [2.24, 2.45) is 0 Å². The molecule has 0 saturated heterocycles. The van der Waals surface area contributed by atoms with Gasteiger partial charge in [-0.1, -0.05) is 0 Å². The van der Waals surface area contributed by atoms with Crippen LogP contribution in [0.3, 0.4) is 0 Å². The van der Waals surface area contributed by atoms with Crippen LogP contribution in [0, 0.1) is 0 Å². The third kappa shape index (κ3) is 3.89. The maximum atomic E-state index is 11.5. The molecule has 0 radical (unpaired) electrons. The van der Waals surface area contributed by atoms with Crippen LogP contribution >= 0.6 is 0 Å². The van der Waals surface area contributed by atoms with E-state index in [-0.39, 0.29) is 4.35 Å². The van der Waals surface area contributed by atoms with E-state index >= 15 is 0 Å². The van der Waals surface area contributed by atoms with Crippen molar-refractivity contribution in [1.82, 2.24) is 5.48 Å². The van der Waals surface area contributed by atoms with E-state index in [0.29, 0.717) is 0 Å². The van der Waals surface area contributed by atoms with E-state index in [9.17, 15) is 12.6 Å². The van der Waals surface area contributed by atoms with E-state index in [1.807, 2.05) is 5.48 Å². The Balaban J connectivity index is 2.60. The molecule has 0 heterocycles. The molecule has 1 atom stereocenters. The van der Waals surface area contributed by atoms with Crippen molar-refractivity contribution in [3.8, 4) is 0 Å². The molecule has 1 aromatic carbocycles. The Bertz CT molecular complexity index is 380. The Morgan fingerprint density at radius 2 is 2.00 bits per heavy atom. The number of hydrogen-bond acceptors (Lipinski definition) is 4. The molecule has 82 valence electrons. The van der Waals surface area contributed by atoms with E-state index in [4.69, 9.17) is 5.11 Å². The number of rotatable bonds is 5. The van der Waals surface area contributed by atoms with Crippen LogP contribution < -0.4 is 9.83 Å². The van der Waals surface area contributed by atoms with Gasteiger partial charge in [-0.2, -0.15) is 0 Å². The molecule has 0 aliphatic rings. The van der Waals surface area contributed by atoms with Crippen LogP contribution in [-0.4, -0.2) is 35.9 Å². The summed E-state index contributed by atoms with van der Waals surface area (Å²) in [6, 6.07) is 7.79. The monoisotopic (exact) mass is 275 g/mol. The minimum atomic E-state index is -4.62. The van der Waals surface area contributed by atoms with Gasteiger partial charge in [-0.25, -0.2) is 0 Å². The molecular formula is C8H10AsNO5. The average molecular weight is 275 g/mol. The zero-order chi connectivity index (χ0) is 11.3. The second kappa shape index (κ2) is 5.13. The van der Waals surface area contributed by atoms with Crippen LogP contribution in [0.1, 0.15) is 0 Å². The van der Waals surface area contributed by atoms with Gasteiger partial charge in [0, 0.05) is 0 Å². The van der Waals surface area contributed by atoms with E-state index in [0.717, 1.165) is 0 Å². The molecule has 0 amide bonds. The molecule has 3 N–H and O–H groups in total. The van der Waals surface area contributed by atoms with Crippen LogP contribution in [-0.2, 0) is 12.4 Å². The van der Waals surface area contributed by atoms with Gasteiger partial charge in [-0.3, -0.25) is 0 Å². The molecule has 6 nitrogen and oxygen atoms in total. The van der Waals surface area contributed by atoms with E-state index in [1.54, 1.807) is 18.2 Å². The Labute approximate surface area is 88.8 Å². The molecule has 0 saturated carbocycles. The zero-order valence-corrected chi connectivity index (χ0v) is 9.54. The molecular weight excluding hydrogens is 265 g/mol. The minimum absolute atomic E-state index is 0.161. The van der Waals surface area contributed by atoms with E-state index < -0.39 is 26.7 Å². The summed E-state index contributed by atoms with van der Waals surface area (Å²) < 4.78 is 25.6. The van der Waals surface area contributed by atoms with Crippen molar-refractivity contribution >= 4 is 24.5 Å². The Morgan fingerprint density at radius 3 is 2.53 bits per heavy atom. The van der Waals surface area contributed by atoms with Crippen LogP contribution in [0.4, 0.5) is 0 Å². The summed E-state index contributed by atoms with van der Waals surface area (Å²) in [7, 11) is 0. The molecule has 7 heteroatoms. The Morgan fingerprint density at radius 1 is 1.40 bits per heavy atom. The first kappa shape index (κ1) is 12.0. The fraction of sp³-hybridized carbons (Fsp3) is 0.125. The standard InChI is InChI=1S/C8H10AsNO5/c11-8(12)6-10-15-9(13,14)7-4-2-1-3-5-7/h1-5,10H,6H2,(H,11,12)(H,13,14). The van der Waals surface area contributed by atoms with Crippen molar-refractivity contribution < 1.29 is 21.6 Å². The van der Waals surface area contributed by atoms with E-state index in [2.05, 4.69) is 3.83 Å². The maximum absolute atomic E-state index is 11.5. The average Bonchev–Trinajstić information content (AvgIpc) is 2.18. The van der Waals surface area contributed by atoms with Crippen molar-refractivity contribution in [1.29, 1.82) is 0 Å². The predicted octanol–water partition coefficient (Wildman–Crippen LogP) is -1.14. The summed E-state index contributed by atoms with van der Waals surface area (Å²) in [6.45, 7) is -0.529. The van der Waals surface area contributed by atoms with Crippen molar-refractivity contribution in [2.75, 3.05) is 6.54 Å². The molecule has 15 heavy (non-hydrogen) atoms. The van der Waals surface area contributed by atoms with Gasteiger partial charge in [0.2, 0.25) is 0 Å². The van der Waals surface area contributed by atoms with Crippen LogP contribution in [0.15, 0.2) is 30.3 Å². The quantitative estimate of drug-likeness (QED) is 0.464. The first-order valence-corrected chi connectivity index (χ1v) is 7.35. The summed E-state index contributed by atoms with van der Waals surface area (Å²) >= 11 is -4.62. The van der Waals surface area contributed by atoms with Gasteiger partial charge in [0.15, 0.2) is 0 Å². The van der Waals surface area contributed by atoms with Gasteiger partial charge in [-0.05, 0) is 0 Å². The molecule has 0 aliphatic heterocycles. The number of hydroxylamine groups is 1. The molecule has 1 unspecified atom stereocenters. The molecule has 1 aromatic rings. The van der Waals surface area contributed by atoms with Crippen LogP contribution in [0.25, 0.3) is 0 Å². The third-order valence-corrected chi connectivity index (χ3v) is 4.28. The first-order chi connectivity index (χ1) is 7.02. The number of hydrogen-bond donors (Lipinski definition) is 3. The van der Waals surface area contributed by atoms with Crippen LogP contribution in [0.2, 0.25) is 0 Å². The number of carbonyl (C=O) groups is 1. The topological polar surface area (TPSA) is 95.9 Å². The number of benzene rings is 1. The second-order valence-corrected chi connectivity index (χ2v) is 6.31. The Hall–Kier alpha value is -1.07. The van der Waals surface area contributed by atoms with E-state index in [1.165, 1.54) is 12.1 Å². The van der Waals surface area contributed by atoms with Gasteiger partial charge >= 0.3 is 88.4 Å². The summed E-state index contributed by atoms with van der Waals surface area (Å²) in [5.74, 6) is -1.17. The summed E-state index contributed by atoms with van der Waals surface area (Å²) in [5.41, 5.74) is 1.94. The van der Waals surface area contributed by atoms with Gasteiger partial charge in [-0.15, -0.1) is 0 Å². The Kier molecular flexibility index (Phi) is 4.11. The normalized spacial score (nSPS) is 14.5. The van der Waals surface area contributed by atoms with Crippen molar-refractivity contribution in [2.45, 2.75) is 0 Å². The molecule has 0 spiro atoms. The van der Waals surface area contributed by atoms with Crippen molar-refractivity contribution in [3.05, 3.63) is 30.3 Å². The number of carboxylic acid groups (broad SMARTS) is 1. The predicted molar refractivity (Wildman–Crippen MR) is 51.5 cm³/mol. The van der Waals surface area contributed by atoms with Gasteiger partial charge in [0.25, 0.3) is 0 Å². The fourth-order valence-corrected chi connectivity index (χ4v) is 2.73. The second-order valence-electron chi connectivity index (χ2n) is 2.66. The van der Waals surface area contributed by atoms with Crippen LogP contribution in [0.5, 0.6) is 0 Å². The van der Waals surface area contributed by atoms with Gasteiger partial charge in [0.05, 0.1) is 0 Å². The molecule has 0 bridgehead atoms. The summed E-state index contributed by atoms with van der Waals surface area (Å²) in [5, 5.41) is 8.27. The summed E-state index contributed by atoms with van der Waals surface area (Å²) in [4.78, 5) is 10.1.